The summed E-state index contributed by atoms with van der Waals surface area (Å²) in [5.41, 5.74) is 0.861. The van der Waals surface area contributed by atoms with Gasteiger partial charge in [0.1, 0.15) is 0 Å². The smallest absolute Gasteiger partial charge is 0.258 e. The Hall–Kier alpha value is -0.790. The molecule has 0 saturated heterocycles. The quantitative estimate of drug-likeness (QED) is 0.361. The molecular formula is C9H10ClNO4S2. The lowest BCUT2D eigenvalue weighted by atomic mass is 10.2. The largest absolute Gasteiger partial charge is 0.270 e. The van der Waals surface area contributed by atoms with E-state index in [0.29, 0.717) is 4.90 Å². The van der Waals surface area contributed by atoms with Gasteiger partial charge < -0.3 is 0 Å². The number of nitro groups is 1. The zero-order chi connectivity index (χ0) is 13.1. The molecule has 0 fully saturated rings. The van der Waals surface area contributed by atoms with Crippen LogP contribution in [0.1, 0.15) is 5.56 Å². The molecule has 0 aromatic heterocycles. The van der Waals surface area contributed by atoms with Crippen LogP contribution >= 0.6 is 22.4 Å². The molecule has 0 radical (unpaired) electrons. The van der Waals surface area contributed by atoms with Crippen molar-refractivity contribution >= 4 is 37.2 Å². The van der Waals surface area contributed by atoms with E-state index in [1.54, 1.807) is 13.0 Å². The Morgan fingerprint density at radius 2 is 2.12 bits per heavy atom. The van der Waals surface area contributed by atoms with Crippen LogP contribution in [0.4, 0.5) is 5.69 Å². The molecule has 1 aromatic carbocycles. The van der Waals surface area contributed by atoms with Crippen LogP contribution in [0, 0.1) is 17.0 Å². The number of hydrogen-bond acceptors (Lipinski definition) is 5. The lowest BCUT2D eigenvalue weighted by molar-refractivity contribution is -0.385. The number of rotatable bonds is 5. The van der Waals surface area contributed by atoms with E-state index < -0.39 is 14.0 Å². The molecule has 1 aromatic rings. The minimum Gasteiger partial charge on any atom is -0.258 e. The summed E-state index contributed by atoms with van der Waals surface area (Å²) in [7, 11) is 1.56. The van der Waals surface area contributed by atoms with Crippen LogP contribution < -0.4 is 0 Å². The molecule has 0 saturated carbocycles. The first kappa shape index (κ1) is 14.3. The van der Waals surface area contributed by atoms with Crippen molar-refractivity contribution in [2.75, 3.05) is 11.5 Å². The van der Waals surface area contributed by atoms with Crippen LogP contribution in [-0.2, 0) is 9.05 Å². The first-order chi connectivity index (χ1) is 7.79. The lowest BCUT2D eigenvalue weighted by Crippen LogP contribution is -2.00. The van der Waals surface area contributed by atoms with Crippen molar-refractivity contribution in [1.29, 1.82) is 0 Å². The van der Waals surface area contributed by atoms with Gasteiger partial charge in [0.25, 0.3) is 5.69 Å². The van der Waals surface area contributed by atoms with Crippen molar-refractivity contribution in [3.05, 3.63) is 33.9 Å². The summed E-state index contributed by atoms with van der Waals surface area (Å²) in [6.45, 7) is 1.81. The van der Waals surface area contributed by atoms with E-state index in [-0.39, 0.29) is 17.2 Å². The molecule has 1 rings (SSSR count). The van der Waals surface area contributed by atoms with E-state index in [1.165, 1.54) is 23.9 Å². The van der Waals surface area contributed by atoms with E-state index in [4.69, 9.17) is 10.7 Å². The molecule has 0 aliphatic heterocycles. The number of aryl methyl sites for hydroxylation is 1. The Morgan fingerprint density at radius 1 is 1.47 bits per heavy atom. The fraction of sp³-hybridized carbons (Fsp3) is 0.333. The molecule has 0 unspecified atom stereocenters. The average Bonchev–Trinajstić information content (AvgIpc) is 2.18. The van der Waals surface area contributed by atoms with Crippen LogP contribution in [0.5, 0.6) is 0 Å². The third-order valence-electron chi connectivity index (χ3n) is 1.97. The second-order valence-corrected chi connectivity index (χ2v) is 7.33. The molecule has 94 valence electrons. The van der Waals surface area contributed by atoms with Gasteiger partial charge in [0.2, 0.25) is 9.05 Å². The second kappa shape index (κ2) is 5.70. The van der Waals surface area contributed by atoms with Gasteiger partial charge in [-0.15, -0.1) is 11.8 Å². The number of hydrogen-bond donors (Lipinski definition) is 0. The van der Waals surface area contributed by atoms with Gasteiger partial charge in [0.05, 0.1) is 10.7 Å². The van der Waals surface area contributed by atoms with Crippen molar-refractivity contribution in [2.45, 2.75) is 11.8 Å². The third kappa shape index (κ3) is 4.93. The predicted octanol–water partition coefficient (Wildman–Crippen LogP) is 2.56. The summed E-state index contributed by atoms with van der Waals surface area (Å²) in [6.07, 6.45) is 0. The van der Waals surface area contributed by atoms with Crippen molar-refractivity contribution in [1.82, 2.24) is 0 Å². The van der Waals surface area contributed by atoms with E-state index in [1.807, 2.05) is 0 Å². The standard InChI is InChI=1S/C9H10ClNO4S2/c1-7-2-3-8(11(12)13)6-9(7)16-4-5-17(10,14)15/h2-3,6H,4-5H2,1H3. The van der Waals surface area contributed by atoms with Gasteiger partial charge in [-0.05, 0) is 12.5 Å². The predicted molar refractivity (Wildman–Crippen MR) is 68.2 cm³/mol. The molecule has 0 atom stereocenters. The van der Waals surface area contributed by atoms with Crippen molar-refractivity contribution in [3.8, 4) is 0 Å². The van der Waals surface area contributed by atoms with E-state index >= 15 is 0 Å². The van der Waals surface area contributed by atoms with Gasteiger partial charge >= 0.3 is 0 Å². The molecule has 0 spiro atoms. The molecule has 5 nitrogen and oxygen atoms in total. The highest BCUT2D eigenvalue weighted by Gasteiger charge is 2.10. The first-order valence-corrected chi connectivity index (χ1v) is 8.06. The lowest BCUT2D eigenvalue weighted by Gasteiger charge is -2.04. The molecule has 0 aliphatic carbocycles. The van der Waals surface area contributed by atoms with E-state index in [2.05, 4.69) is 0 Å². The zero-order valence-electron chi connectivity index (χ0n) is 8.92. The fourth-order valence-electron chi connectivity index (χ4n) is 1.11. The Labute approximate surface area is 108 Å². The van der Waals surface area contributed by atoms with Crippen molar-refractivity contribution < 1.29 is 13.3 Å². The minimum atomic E-state index is -3.52. The average molecular weight is 296 g/mol. The Balaban J connectivity index is 2.76. The van der Waals surface area contributed by atoms with Gasteiger partial charge in [-0.2, -0.15) is 0 Å². The fourth-order valence-corrected chi connectivity index (χ4v) is 3.53. The monoisotopic (exact) mass is 295 g/mol. The molecular weight excluding hydrogens is 286 g/mol. The molecule has 0 heterocycles. The van der Waals surface area contributed by atoms with E-state index in [9.17, 15) is 18.5 Å². The molecule has 0 N–H and O–H groups in total. The summed E-state index contributed by atoms with van der Waals surface area (Å²) in [5.74, 6) is 0.106. The molecule has 0 aliphatic rings. The Bertz CT molecular complexity index is 530. The maximum absolute atomic E-state index is 10.7. The van der Waals surface area contributed by atoms with Gasteiger partial charge in [-0.3, -0.25) is 10.1 Å². The third-order valence-corrected chi connectivity index (χ3v) is 4.54. The molecule has 17 heavy (non-hydrogen) atoms. The van der Waals surface area contributed by atoms with Crippen LogP contribution in [-0.4, -0.2) is 24.8 Å². The summed E-state index contributed by atoms with van der Waals surface area (Å²) in [6, 6.07) is 4.48. The SMILES string of the molecule is Cc1ccc([N+](=O)[O-])cc1SCCS(=O)(=O)Cl. The normalized spacial score (nSPS) is 11.4. The summed E-state index contributed by atoms with van der Waals surface area (Å²) in [4.78, 5) is 10.8. The number of nitrogens with zero attached hydrogens (tertiary/aromatic N) is 1. The van der Waals surface area contributed by atoms with Crippen LogP contribution in [0.2, 0.25) is 0 Å². The van der Waals surface area contributed by atoms with Crippen LogP contribution in [0.25, 0.3) is 0 Å². The highest BCUT2D eigenvalue weighted by atomic mass is 35.7. The number of benzene rings is 1. The minimum absolute atomic E-state index is 0.00756. The summed E-state index contributed by atoms with van der Waals surface area (Å²) < 4.78 is 21.5. The Kier molecular flexibility index (Phi) is 4.79. The summed E-state index contributed by atoms with van der Waals surface area (Å²) in [5, 5.41) is 10.6. The highest BCUT2D eigenvalue weighted by Crippen LogP contribution is 2.27. The maximum atomic E-state index is 10.7. The number of halogens is 1. The zero-order valence-corrected chi connectivity index (χ0v) is 11.3. The van der Waals surface area contributed by atoms with Gasteiger partial charge in [-0.1, -0.05) is 6.07 Å². The Morgan fingerprint density at radius 3 is 2.65 bits per heavy atom. The number of thioether (sulfide) groups is 1. The van der Waals surface area contributed by atoms with Crippen molar-refractivity contribution in [2.24, 2.45) is 0 Å². The first-order valence-electron chi connectivity index (χ1n) is 4.60. The second-order valence-electron chi connectivity index (χ2n) is 3.30. The molecule has 0 amide bonds. The molecule has 0 bridgehead atoms. The number of non-ortho nitro benzene ring substituents is 1. The van der Waals surface area contributed by atoms with Crippen LogP contribution in [0.15, 0.2) is 23.1 Å². The van der Waals surface area contributed by atoms with Gasteiger partial charge in [-0.25, -0.2) is 8.42 Å². The maximum Gasteiger partial charge on any atom is 0.270 e. The summed E-state index contributed by atoms with van der Waals surface area (Å²) >= 11 is 1.24. The van der Waals surface area contributed by atoms with Crippen LogP contribution in [0.3, 0.4) is 0 Å². The number of nitro benzene ring substituents is 1. The van der Waals surface area contributed by atoms with Crippen molar-refractivity contribution in [3.63, 3.8) is 0 Å². The highest BCUT2D eigenvalue weighted by molar-refractivity contribution is 8.14. The van der Waals surface area contributed by atoms with Gasteiger partial charge in [0, 0.05) is 33.5 Å². The molecule has 8 heteroatoms. The topological polar surface area (TPSA) is 77.3 Å². The van der Waals surface area contributed by atoms with Gasteiger partial charge in [0.15, 0.2) is 0 Å². The van der Waals surface area contributed by atoms with E-state index in [0.717, 1.165) is 5.56 Å².